The monoisotopic (exact) mass is 258 g/mol. The molecule has 1 aromatic rings. The van der Waals surface area contributed by atoms with Gasteiger partial charge < -0.3 is 10.5 Å². The summed E-state index contributed by atoms with van der Waals surface area (Å²) in [7, 11) is -1.74. The van der Waals surface area contributed by atoms with E-state index in [1.807, 2.05) is 0 Å². The summed E-state index contributed by atoms with van der Waals surface area (Å²) in [5, 5.41) is 0. The van der Waals surface area contributed by atoms with E-state index in [0.717, 1.165) is 0 Å². The lowest BCUT2D eigenvalue weighted by atomic mass is 10.2. The largest absolute Gasteiger partial charge is 0.398 e. The Balaban J connectivity index is 2.52. The Bertz CT molecular complexity index is 446. The zero-order valence-corrected chi connectivity index (χ0v) is 10.7. The molecule has 0 spiro atoms. The fourth-order valence-electron chi connectivity index (χ4n) is 1.37. The van der Waals surface area contributed by atoms with Gasteiger partial charge in [-0.15, -0.1) is 0 Å². The molecular formula is C11H18N2O3S. The number of benzene rings is 1. The minimum atomic E-state index is -3.32. The summed E-state index contributed by atoms with van der Waals surface area (Å²) >= 11 is 0. The number of nitrogen functional groups attached to an aromatic ring is 1. The summed E-state index contributed by atoms with van der Waals surface area (Å²) in [5.74, 6) is -0.0906. The van der Waals surface area contributed by atoms with Gasteiger partial charge >= 0.3 is 0 Å². The van der Waals surface area contributed by atoms with Crippen molar-refractivity contribution in [2.45, 2.75) is 12.2 Å². The van der Waals surface area contributed by atoms with Crippen molar-refractivity contribution in [3.05, 3.63) is 29.8 Å². The van der Waals surface area contributed by atoms with Crippen LogP contribution >= 0.6 is 0 Å². The van der Waals surface area contributed by atoms with Gasteiger partial charge in [-0.05, 0) is 18.1 Å². The van der Waals surface area contributed by atoms with E-state index in [-0.39, 0.29) is 5.75 Å². The molecule has 0 unspecified atom stereocenters. The quantitative estimate of drug-likeness (QED) is 0.558. The molecule has 0 amide bonds. The molecule has 3 N–H and O–H groups in total. The Morgan fingerprint density at radius 3 is 2.71 bits per heavy atom. The summed E-state index contributed by atoms with van der Waals surface area (Å²) in [6.45, 7) is 0.916. The van der Waals surface area contributed by atoms with E-state index in [1.165, 1.54) is 0 Å². The maximum atomic E-state index is 11.7. The second-order valence-corrected chi connectivity index (χ2v) is 5.51. The van der Waals surface area contributed by atoms with Gasteiger partial charge in [-0.2, -0.15) is 0 Å². The van der Waals surface area contributed by atoms with Crippen molar-refractivity contribution >= 4 is 15.7 Å². The Hall–Kier alpha value is -1.11. The average molecular weight is 258 g/mol. The van der Waals surface area contributed by atoms with Gasteiger partial charge in [0.15, 0.2) is 0 Å². The SMILES string of the molecule is COCCCNS(=O)(=O)Cc1ccccc1N. The smallest absolute Gasteiger partial charge is 0.215 e. The second kappa shape index (κ2) is 6.58. The maximum absolute atomic E-state index is 11.7. The highest BCUT2D eigenvalue weighted by molar-refractivity contribution is 7.88. The number of anilines is 1. The van der Waals surface area contributed by atoms with Crippen LogP contribution in [0.2, 0.25) is 0 Å². The van der Waals surface area contributed by atoms with Gasteiger partial charge in [-0.1, -0.05) is 18.2 Å². The number of hydrogen-bond donors (Lipinski definition) is 2. The lowest BCUT2D eigenvalue weighted by molar-refractivity contribution is 0.196. The minimum Gasteiger partial charge on any atom is -0.398 e. The lowest BCUT2D eigenvalue weighted by Gasteiger charge is -2.08. The van der Waals surface area contributed by atoms with E-state index in [4.69, 9.17) is 10.5 Å². The molecule has 0 radical (unpaired) electrons. The van der Waals surface area contributed by atoms with E-state index >= 15 is 0 Å². The Kier molecular flexibility index (Phi) is 5.40. The number of nitrogens with two attached hydrogens (primary N) is 1. The summed E-state index contributed by atoms with van der Waals surface area (Å²) in [5.41, 5.74) is 6.80. The Morgan fingerprint density at radius 1 is 1.35 bits per heavy atom. The number of para-hydroxylation sites is 1. The van der Waals surface area contributed by atoms with Gasteiger partial charge in [0.25, 0.3) is 0 Å². The molecule has 0 saturated carbocycles. The van der Waals surface area contributed by atoms with E-state index in [1.54, 1.807) is 31.4 Å². The van der Waals surface area contributed by atoms with E-state index in [2.05, 4.69) is 4.72 Å². The second-order valence-electron chi connectivity index (χ2n) is 3.70. The first-order chi connectivity index (χ1) is 8.05. The third-order valence-corrected chi connectivity index (χ3v) is 3.58. The molecule has 0 aliphatic heterocycles. The fourth-order valence-corrected chi connectivity index (χ4v) is 2.60. The molecule has 6 heteroatoms. The van der Waals surface area contributed by atoms with Crippen molar-refractivity contribution in [3.8, 4) is 0 Å². The number of hydrogen-bond acceptors (Lipinski definition) is 4. The molecule has 0 saturated heterocycles. The molecule has 0 heterocycles. The van der Waals surface area contributed by atoms with Crippen molar-refractivity contribution in [2.75, 3.05) is 26.0 Å². The van der Waals surface area contributed by atoms with Gasteiger partial charge in [0.2, 0.25) is 10.0 Å². The maximum Gasteiger partial charge on any atom is 0.215 e. The summed E-state index contributed by atoms with van der Waals surface area (Å²) in [6, 6.07) is 6.95. The molecule has 17 heavy (non-hydrogen) atoms. The molecule has 0 aliphatic rings. The summed E-state index contributed by atoms with van der Waals surface area (Å²) < 4.78 is 30.8. The van der Waals surface area contributed by atoms with Crippen LogP contribution in [0.4, 0.5) is 5.69 Å². The molecule has 96 valence electrons. The van der Waals surface area contributed by atoms with Crippen LogP contribution in [0.1, 0.15) is 12.0 Å². The van der Waals surface area contributed by atoms with E-state index in [0.29, 0.717) is 30.8 Å². The first kappa shape index (κ1) is 14.0. The van der Waals surface area contributed by atoms with E-state index < -0.39 is 10.0 Å². The van der Waals surface area contributed by atoms with Crippen LogP contribution in [-0.4, -0.2) is 28.7 Å². The van der Waals surface area contributed by atoms with Crippen molar-refractivity contribution in [2.24, 2.45) is 0 Å². The van der Waals surface area contributed by atoms with Crippen molar-refractivity contribution in [3.63, 3.8) is 0 Å². The van der Waals surface area contributed by atoms with Crippen LogP contribution in [0.25, 0.3) is 0 Å². The molecule has 1 aromatic carbocycles. The molecule has 1 rings (SSSR count). The molecule has 0 fully saturated rings. The highest BCUT2D eigenvalue weighted by Gasteiger charge is 2.12. The standard InChI is InChI=1S/C11H18N2O3S/c1-16-8-4-7-13-17(14,15)9-10-5-2-3-6-11(10)12/h2-3,5-6,13H,4,7-9,12H2,1H3. The predicted molar refractivity (Wildman–Crippen MR) is 68.0 cm³/mol. The predicted octanol–water partition coefficient (Wildman–Crippen LogP) is 0.725. The Labute approximate surface area is 102 Å². The van der Waals surface area contributed by atoms with Crippen molar-refractivity contribution < 1.29 is 13.2 Å². The van der Waals surface area contributed by atoms with Crippen LogP contribution in [0.5, 0.6) is 0 Å². The first-order valence-electron chi connectivity index (χ1n) is 5.35. The fraction of sp³-hybridized carbons (Fsp3) is 0.455. The molecule has 0 aliphatic carbocycles. The lowest BCUT2D eigenvalue weighted by Crippen LogP contribution is -2.27. The normalized spacial score (nSPS) is 11.6. The van der Waals surface area contributed by atoms with Gasteiger partial charge in [0, 0.05) is 25.9 Å². The van der Waals surface area contributed by atoms with Crippen LogP contribution in [0, 0.1) is 0 Å². The Morgan fingerprint density at radius 2 is 2.06 bits per heavy atom. The van der Waals surface area contributed by atoms with Crippen molar-refractivity contribution in [1.29, 1.82) is 0 Å². The van der Waals surface area contributed by atoms with Crippen molar-refractivity contribution in [1.82, 2.24) is 4.72 Å². The summed E-state index contributed by atoms with van der Waals surface area (Å²) in [6.07, 6.45) is 0.653. The van der Waals surface area contributed by atoms with Crippen LogP contribution in [-0.2, 0) is 20.5 Å². The number of ether oxygens (including phenoxy) is 1. The molecular weight excluding hydrogens is 240 g/mol. The highest BCUT2D eigenvalue weighted by Crippen LogP contribution is 2.13. The number of sulfonamides is 1. The number of methoxy groups -OCH3 is 1. The first-order valence-corrected chi connectivity index (χ1v) is 7.00. The average Bonchev–Trinajstić information content (AvgIpc) is 2.28. The molecule has 5 nitrogen and oxygen atoms in total. The molecule has 0 aromatic heterocycles. The minimum absolute atomic E-state index is 0.0906. The van der Waals surface area contributed by atoms with Gasteiger partial charge in [-0.3, -0.25) is 0 Å². The zero-order valence-electron chi connectivity index (χ0n) is 9.85. The van der Waals surface area contributed by atoms with Crippen LogP contribution in [0.15, 0.2) is 24.3 Å². The van der Waals surface area contributed by atoms with E-state index in [9.17, 15) is 8.42 Å². The zero-order chi connectivity index (χ0) is 12.7. The molecule has 0 bridgehead atoms. The van der Waals surface area contributed by atoms with Crippen LogP contribution < -0.4 is 10.5 Å². The van der Waals surface area contributed by atoms with Gasteiger partial charge in [-0.25, -0.2) is 13.1 Å². The molecule has 0 atom stereocenters. The highest BCUT2D eigenvalue weighted by atomic mass is 32.2. The van der Waals surface area contributed by atoms with Crippen LogP contribution in [0.3, 0.4) is 0 Å². The topological polar surface area (TPSA) is 81.4 Å². The third kappa shape index (κ3) is 5.16. The van der Waals surface area contributed by atoms with Gasteiger partial charge in [0.05, 0.1) is 5.75 Å². The number of rotatable bonds is 7. The third-order valence-electron chi connectivity index (χ3n) is 2.25. The summed E-state index contributed by atoms with van der Waals surface area (Å²) in [4.78, 5) is 0. The van der Waals surface area contributed by atoms with Gasteiger partial charge in [0.1, 0.15) is 0 Å². The number of nitrogens with one attached hydrogen (secondary N) is 1.